The van der Waals surface area contributed by atoms with Crippen molar-refractivity contribution in [3.8, 4) is 5.75 Å². The minimum absolute atomic E-state index is 0.343. The molecule has 0 aliphatic carbocycles. The first-order valence-corrected chi connectivity index (χ1v) is 15.1. The summed E-state index contributed by atoms with van der Waals surface area (Å²) in [6.45, 7) is 4.59. The number of rotatable bonds is 8. The summed E-state index contributed by atoms with van der Waals surface area (Å²) >= 11 is 1.79. The van der Waals surface area contributed by atoms with Crippen molar-refractivity contribution < 1.29 is 17.7 Å². The summed E-state index contributed by atoms with van der Waals surface area (Å²) in [5.74, 6) is 2.47. The summed E-state index contributed by atoms with van der Waals surface area (Å²) in [5.41, 5.74) is 4.41. The van der Waals surface area contributed by atoms with E-state index in [9.17, 15) is 8.42 Å². The summed E-state index contributed by atoms with van der Waals surface area (Å²) < 4.78 is 35.5. The van der Waals surface area contributed by atoms with Gasteiger partial charge in [0, 0.05) is 48.2 Å². The number of sulfonamides is 1. The van der Waals surface area contributed by atoms with E-state index in [2.05, 4.69) is 60.0 Å². The molecule has 3 aromatic carbocycles. The van der Waals surface area contributed by atoms with Crippen LogP contribution in [0.4, 0.5) is 0 Å². The molecule has 5 rings (SSSR count). The Labute approximate surface area is 223 Å². The van der Waals surface area contributed by atoms with Gasteiger partial charge in [0.05, 0.1) is 4.90 Å². The van der Waals surface area contributed by atoms with Crippen LogP contribution < -0.4 is 9.30 Å². The van der Waals surface area contributed by atoms with E-state index in [0.717, 1.165) is 40.6 Å². The molecule has 1 aliphatic rings. The zero-order chi connectivity index (χ0) is 25.7. The number of benzene rings is 3. The van der Waals surface area contributed by atoms with Crippen LogP contribution in [0.25, 0.3) is 23.1 Å². The van der Waals surface area contributed by atoms with Gasteiger partial charge >= 0.3 is 0 Å². The average Bonchev–Trinajstić information content (AvgIpc) is 2.96. The Bertz CT molecular complexity index is 1490. The molecule has 1 aromatic heterocycles. The van der Waals surface area contributed by atoms with Crippen molar-refractivity contribution in [2.24, 2.45) is 0 Å². The lowest BCUT2D eigenvalue weighted by atomic mass is 10.1. The van der Waals surface area contributed by atoms with Crippen molar-refractivity contribution in [2.45, 2.75) is 25.0 Å². The van der Waals surface area contributed by atoms with Crippen LogP contribution in [0.15, 0.2) is 89.8 Å². The number of aromatic nitrogens is 1. The van der Waals surface area contributed by atoms with E-state index in [1.165, 1.54) is 10.9 Å². The minimum atomic E-state index is -3.42. The molecule has 190 valence electrons. The molecule has 0 spiro atoms. The largest absolute Gasteiger partial charge is 0.489 e. The highest BCUT2D eigenvalue weighted by molar-refractivity contribution is 7.99. The topological polar surface area (TPSA) is 50.5 Å². The molecule has 0 N–H and O–H groups in total. The van der Waals surface area contributed by atoms with Crippen molar-refractivity contribution in [3.05, 3.63) is 102 Å². The molecule has 5 nitrogen and oxygen atoms in total. The van der Waals surface area contributed by atoms with Gasteiger partial charge in [-0.25, -0.2) is 8.42 Å². The van der Waals surface area contributed by atoms with Crippen LogP contribution in [0.5, 0.6) is 5.75 Å². The summed E-state index contributed by atoms with van der Waals surface area (Å²) in [4.78, 5) is 0.343. The normalized spacial score (nSPS) is 14.8. The molecule has 4 aromatic rings. The van der Waals surface area contributed by atoms with Crippen LogP contribution in [0, 0.1) is 0 Å². The van der Waals surface area contributed by atoms with E-state index in [1.807, 2.05) is 36.4 Å². The van der Waals surface area contributed by atoms with Crippen LogP contribution in [0.1, 0.15) is 23.7 Å². The van der Waals surface area contributed by atoms with Crippen molar-refractivity contribution in [3.63, 3.8) is 0 Å². The Hall–Kier alpha value is -3.13. The Kier molecular flexibility index (Phi) is 7.93. The quantitative estimate of drug-likeness (QED) is 0.276. The molecule has 2 heterocycles. The molecule has 1 aliphatic heterocycles. The van der Waals surface area contributed by atoms with E-state index in [-0.39, 0.29) is 0 Å². The molecule has 37 heavy (non-hydrogen) atoms. The molecular formula is C30H31N2O3S2+. The molecule has 0 atom stereocenters. The molecule has 0 unspecified atom stereocenters. The number of hydrogen-bond acceptors (Lipinski definition) is 4. The number of thioether (sulfide) groups is 1. The molecule has 7 heteroatoms. The minimum Gasteiger partial charge on any atom is -0.489 e. The number of hydrogen-bond donors (Lipinski definition) is 0. The Morgan fingerprint density at radius 2 is 1.62 bits per heavy atom. The lowest BCUT2D eigenvalue weighted by Gasteiger charge is -2.25. The van der Waals surface area contributed by atoms with Crippen LogP contribution >= 0.6 is 11.8 Å². The number of ether oxygens (including phenoxy) is 1. The van der Waals surface area contributed by atoms with E-state index < -0.39 is 10.0 Å². The van der Waals surface area contributed by atoms with Gasteiger partial charge in [-0.05, 0) is 60.5 Å². The van der Waals surface area contributed by atoms with E-state index in [1.54, 1.807) is 28.2 Å². The van der Waals surface area contributed by atoms with Gasteiger partial charge in [0.2, 0.25) is 21.2 Å². The van der Waals surface area contributed by atoms with Gasteiger partial charge in [-0.2, -0.15) is 20.6 Å². The second-order valence-electron chi connectivity index (χ2n) is 8.91. The first kappa shape index (κ1) is 25.5. The van der Waals surface area contributed by atoms with Gasteiger partial charge in [0.1, 0.15) is 18.9 Å². The molecule has 1 saturated heterocycles. The zero-order valence-electron chi connectivity index (χ0n) is 20.9. The summed E-state index contributed by atoms with van der Waals surface area (Å²) in [5, 5.41) is 1.24. The zero-order valence-corrected chi connectivity index (χ0v) is 22.5. The maximum atomic E-state index is 12.8. The maximum absolute atomic E-state index is 12.8. The van der Waals surface area contributed by atoms with Crippen molar-refractivity contribution in [2.75, 3.05) is 24.6 Å². The van der Waals surface area contributed by atoms with Gasteiger partial charge in [0.15, 0.2) is 0 Å². The maximum Gasteiger partial charge on any atom is 0.243 e. The number of para-hydroxylation sites is 1. The third kappa shape index (κ3) is 5.90. The number of aryl methyl sites for hydroxylation is 1. The first-order valence-electron chi connectivity index (χ1n) is 12.5. The molecular weight excluding hydrogens is 500 g/mol. The van der Waals surface area contributed by atoms with Crippen molar-refractivity contribution in [1.82, 2.24) is 4.31 Å². The number of pyridine rings is 1. The molecule has 0 bridgehead atoms. The predicted octanol–water partition coefficient (Wildman–Crippen LogP) is 5.63. The summed E-state index contributed by atoms with van der Waals surface area (Å²) in [6, 6.07) is 27.8. The highest BCUT2D eigenvalue weighted by Gasteiger charge is 2.25. The van der Waals surface area contributed by atoms with Crippen LogP contribution in [-0.2, 0) is 23.2 Å². The van der Waals surface area contributed by atoms with Crippen molar-refractivity contribution in [1.29, 1.82) is 0 Å². The fourth-order valence-corrected chi connectivity index (χ4v) is 7.07. The summed E-state index contributed by atoms with van der Waals surface area (Å²) in [6.07, 6.45) is 4.25. The second-order valence-corrected chi connectivity index (χ2v) is 12.1. The summed E-state index contributed by atoms with van der Waals surface area (Å²) in [7, 11) is -3.42. The SMILES string of the molecule is CC[n+]1c(/C=C/c2ccc(OCc3ccc(S(=O)(=O)N4CCSCC4)cc3)cc2)ccc2ccccc21. The number of nitrogens with zero attached hydrogens (tertiary/aromatic N) is 2. The Balaban J connectivity index is 1.21. The highest BCUT2D eigenvalue weighted by atomic mass is 32.2. The lowest BCUT2D eigenvalue weighted by molar-refractivity contribution is -0.669. The molecule has 0 radical (unpaired) electrons. The first-order chi connectivity index (χ1) is 18.0. The van der Waals surface area contributed by atoms with Crippen LogP contribution in [0.3, 0.4) is 0 Å². The van der Waals surface area contributed by atoms with E-state index in [0.29, 0.717) is 24.6 Å². The highest BCUT2D eigenvalue weighted by Crippen LogP contribution is 2.22. The Morgan fingerprint density at radius 1 is 0.892 bits per heavy atom. The fourth-order valence-electron chi connectivity index (χ4n) is 4.49. The van der Waals surface area contributed by atoms with E-state index in [4.69, 9.17) is 4.74 Å². The number of fused-ring (bicyclic) bond motifs is 1. The van der Waals surface area contributed by atoms with E-state index >= 15 is 0 Å². The fraction of sp³-hybridized carbons (Fsp3) is 0.233. The van der Waals surface area contributed by atoms with Gasteiger partial charge in [-0.15, -0.1) is 0 Å². The molecule has 0 amide bonds. The third-order valence-electron chi connectivity index (χ3n) is 6.55. The predicted molar refractivity (Wildman–Crippen MR) is 152 cm³/mol. The van der Waals surface area contributed by atoms with Crippen LogP contribution in [0.2, 0.25) is 0 Å². The lowest BCUT2D eigenvalue weighted by Crippen LogP contribution is -2.37. The van der Waals surface area contributed by atoms with Gasteiger partial charge in [0.25, 0.3) is 0 Å². The van der Waals surface area contributed by atoms with Gasteiger partial charge < -0.3 is 4.74 Å². The monoisotopic (exact) mass is 531 g/mol. The molecule has 1 fully saturated rings. The van der Waals surface area contributed by atoms with Gasteiger partial charge in [-0.1, -0.05) is 36.4 Å². The van der Waals surface area contributed by atoms with Crippen LogP contribution in [-0.4, -0.2) is 37.3 Å². The smallest absolute Gasteiger partial charge is 0.243 e. The second kappa shape index (κ2) is 11.5. The standard InChI is InChI=1S/C30H31N2O3S2/c1-2-32-27(14-12-26-5-3-4-6-30(26)32)13-7-24-8-15-28(16-9-24)35-23-25-10-17-29(18-11-25)37(33,34)31-19-21-36-22-20-31/h3-18H,2,19-23H2,1H3/q+1/b13-7+. The Morgan fingerprint density at radius 3 is 2.35 bits per heavy atom. The van der Waals surface area contributed by atoms with Crippen molar-refractivity contribution >= 4 is 44.8 Å². The van der Waals surface area contributed by atoms with Gasteiger partial charge in [-0.3, -0.25) is 0 Å². The average molecular weight is 532 g/mol. The third-order valence-corrected chi connectivity index (χ3v) is 9.41. The molecule has 0 saturated carbocycles.